The number of H-pyrrole nitrogens is 1. The van der Waals surface area contributed by atoms with Gasteiger partial charge in [0.05, 0.1) is 0 Å². The van der Waals surface area contributed by atoms with E-state index in [1.54, 1.807) is 0 Å². The van der Waals surface area contributed by atoms with E-state index in [1.165, 1.54) is 0 Å². The lowest BCUT2D eigenvalue weighted by Crippen LogP contribution is -2.20. The van der Waals surface area contributed by atoms with Gasteiger partial charge in [0.25, 0.3) is 0 Å². The number of aromatic amines is 1. The van der Waals surface area contributed by atoms with Crippen molar-refractivity contribution in [3.05, 3.63) is 11.6 Å². The second-order valence-corrected chi connectivity index (χ2v) is 2.27. The van der Waals surface area contributed by atoms with Crippen LogP contribution in [0.3, 0.4) is 0 Å². The third-order valence-corrected chi connectivity index (χ3v) is 1.41. The lowest BCUT2D eigenvalue weighted by molar-refractivity contribution is -0.138. The predicted octanol–water partition coefficient (Wildman–Crippen LogP) is -0.490. The molecule has 0 saturated carbocycles. The molecule has 0 aliphatic carbocycles. The number of rotatable bonds is 2. The maximum atomic E-state index is 10.3. The molecule has 0 aliphatic heterocycles. The highest BCUT2D eigenvalue weighted by Gasteiger charge is 2.20. The number of hydrogen-bond acceptors (Lipinski definition) is 4. The summed E-state index contributed by atoms with van der Waals surface area (Å²) in [6.07, 6.45) is 0. The molecular weight excluding hydrogens is 164 g/mol. The normalized spacial score (nSPS) is 12.8. The first-order chi connectivity index (χ1) is 5.52. The highest BCUT2D eigenvalue weighted by atomic mass is 16.4. The standard InChI is InChI=1S/C6H8N2O4/c7-4(6(11)12)2-1-3(9)8-5(2)10/h1,4,8-10H,7H2,(H,11,12). The van der Waals surface area contributed by atoms with Gasteiger partial charge < -0.3 is 21.1 Å². The summed E-state index contributed by atoms with van der Waals surface area (Å²) in [5, 5.41) is 26.2. The Morgan fingerprint density at radius 2 is 2.17 bits per heavy atom. The zero-order chi connectivity index (χ0) is 9.30. The second kappa shape index (κ2) is 2.74. The summed E-state index contributed by atoms with van der Waals surface area (Å²) in [6.45, 7) is 0. The maximum absolute atomic E-state index is 10.3. The third kappa shape index (κ3) is 1.32. The minimum absolute atomic E-state index is 0.0417. The van der Waals surface area contributed by atoms with E-state index in [4.69, 9.17) is 21.1 Å². The van der Waals surface area contributed by atoms with E-state index in [1.807, 2.05) is 0 Å². The Bertz CT molecular complexity index is 306. The average Bonchev–Trinajstić information content (AvgIpc) is 2.28. The zero-order valence-electron chi connectivity index (χ0n) is 5.98. The molecule has 6 nitrogen and oxygen atoms in total. The van der Waals surface area contributed by atoms with Gasteiger partial charge in [0.15, 0.2) is 11.8 Å². The first kappa shape index (κ1) is 8.41. The van der Waals surface area contributed by atoms with Crippen LogP contribution in [0, 0.1) is 0 Å². The summed E-state index contributed by atoms with van der Waals surface area (Å²) in [5.74, 6) is -2.02. The molecule has 1 aromatic heterocycles. The number of aromatic hydroxyl groups is 2. The van der Waals surface area contributed by atoms with Crippen LogP contribution in [-0.2, 0) is 4.79 Å². The van der Waals surface area contributed by atoms with Crippen LogP contribution in [0.15, 0.2) is 6.07 Å². The van der Waals surface area contributed by atoms with Gasteiger partial charge >= 0.3 is 5.97 Å². The Kier molecular flexibility index (Phi) is 1.92. The van der Waals surface area contributed by atoms with Crippen molar-refractivity contribution in [2.75, 3.05) is 0 Å². The van der Waals surface area contributed by atoms with Crippen molar-refractivity contribution in [2.45, 2.75) is 6.04 Å². The largest absolute Gasteiger partial charge is 0.495 e. The van der Waals surface area contributed by atoms with E-state index < -0.39 is 17.9 Å². The van der Waals surface area contributed by atoms with E-state index >= 15 is 0 Å². The summed E-state index contributed by atoms with van der Waals surface area (Å²) < 4.78 is 0. The number of carboxylic acids is 1. The fraction of sp³-hybridized carbons (Fsp3) is 0.167. The minimum Gasteiger partial charge on any atom is -0.495 e. The summed E-state index contributed by atoms with van der Waals surface area (Å²) in [7, 11) is 0. The number of aliphatic carboxylic acids is 1. The molecule has 0 aromatic carbocycles. The SMILES string of the molecule is NC(C(=O)O)c1cc(O)[nH]c1O. The number of nitrogens with two attached hydrogens (primary N) is 1. The van der Waals surface area contributed by atoms with E-state index in [0.717, 1.165) is 6.07 Å². The molecule has 6 heteroatoms. The van der Waals surface area contributed by atoms with Gasteiger partial charge in [-0.25, -0.2) is 0 Å². The van der Waals surface area contributed by atoms with Crippen molar-refractivity contribution in [2.24, 2.45) is 5.73 Å². The molecule has 12 heavy (non-hydrogen) atoms. The second-order valence-electron chi connectivity index (χ2n) is 2.27. The van der Waals surface area contributed by atoms with Crippen molar-refractivity contribution in [3.63, 3.8) is 0 Å². The highest BCUT2D eigenvalue weighted by Crippen LogP contribution is 2.26. The van der Waals surface area contributed by atoms with Crippen LogP contribution in [0.2, 0.25) is 0 Å². The van der Waals surface area contributed by atoms with Crippen molar-refractivity contribution in [1.82, 2.24) is 4.98 Å². The predicted molar refractivity (Wildman–Crippen MR) is 38.7 cm³/mol. The van der Waals surface area contributed by atoms with Gasteiger partial charge in [0.1, 0.15) is 6.04 Å². The molecule has 0 spiro atoms. The van der Waals surface area contributed by atoms with E-state index in [9.17, 15) is 4.79 Å². The molecule has 0 saturated heterocycles. The number of carboxylic acid groups (broad SMARTS) is 1. The Labute approximate surface area is 67.3 Å². The third-order valence-electron chi connectivity index (χ3n) is 1.41. The average molecular weight is 172 g/mol. The highest BCUT2D eigenvalue weighted by molar-refractivity contribution is 5.76. The molecule has 0 fully saturated rings. The van der Waals surface area contributed by atoms with Gasteiger partial charge in [0.2, 0.25) is 0 Å². The van der Waals surface area contributed by atoms with Gasteiger partial charge in [-0.05, 0) is 0 Å². The monoisotopic (exact) mass is 172 g/mol. The van der Waals surface area contributed by atoms with Crippen molar-refractivity contribution < 1.29 is 20.1 Å². The van der Waals surface area contributed by atoms with Crippen LogP contribution in [0.5, 0.6) is 11.8 Å². The number of carbonyl (C=O) groups is 1. The number of aromatic nitrogens is 1. The van der Waals surface area contributed by atoms with E-state index in [0.29, 0.717) is 0 Å². The van der Waals surface area contributed by atoms with E-state index in [2.05, 4.69) is 4.98 Å². The molecule has 66 valence electrons. The Hall–Kier alpha value is -1.69. The molecule has 1 atom stereocenters. The van der Waals surface area contributed by atoms with Gasteiger partial charge in [-0.1, -0.05) is 0 Å². The summed E-state index contributed by atoms with van der Waals surface area (Å²) in [5.41, 5.74) is 5.12. The first-order valence-electron chi connectivity index (χ1n) is 3.11. The molecule has 6 N–H and O–H groups in total. The Morgan fingerprint density at radius 1 is 1.58 bits per heavy atom. The molecular formula is C6H8N2O4. The molecule has 0 radical (unpaired) electrons. The first-order valence-corrected chi connectivity index (χ1v) is 3.11. The van der Waals surface area contributed by atoms with Gasteiger partial charge in [-0.2, -0.15) is 0 Å². The number of nitrogens with one attached hydrogen (secondary N) is 1. The lowest BCUT2D eigenvalue weighted by atomic mass is 10.1. The molecule has 1 rings (SSSR count). The van der Waals surface area contributed by atoms with Crippen LogP contribution in [0.1, 0.15) is 11.6 Å². The number of hydrogen-bond donors (Lipinski definition) is 5. The van der Waals surface area contributed by atoms with Crippen LogP contribution in [0.4, 0.5) is 0 Å². The van der Waals surface area contributed by atoms with Crippen LogP contribution in [0.25, 0.3) is 0 Å². The molecule has 0 aliphatic rings. The fourth-order valence-corrected chi connectivity index (χ4v) is 0.815. The zero-order valence-corrected chi connectivity index (χ0v) is 5.98. The topological polar surface area (TPSA) is 120 Å². The van der Waals surface area contributed by atoms with Gasteiger partial charge in [-0.15, -0.1) is 0 Å². The lowest BCUT2D eigenvalue weighted by Gasteiger charge is -2.02. The smallest absolute Gasteiger partial charge is 0.325 e. The minimum atomic E-state index is -1.33. The van der Waals surface area contributed by atoms with Crippen LogP contribution in [-0.4, -0.2) is 26.3 Å². The molecule has 0 amide bonds. The maximum Gasteiger partial charge on any atom is 0.325 e. The molecule has 1 unspecified atom stereocenters. The summed E-state index contributed by atoms with van der Waals surface area (Å²) in [4.78, 5) is 12.4. The van der Waals surface area contributed by atoms with Crippen LogP contribution < -0.4 is 5.73 Å². The van der Waals surface area contributed by atoms with Gasteiger partial charge in [-0.3, -0.25) is 9.78 Å². The van der Waals surface area contributed by atoms with Crippen LogP contribution >= 0.6 is 0 Å². The summed E-state index contributed by atoms with van der Waals surface area (Å²) >= 11 is 0. The van der Waals surface area contributed by atoms with Crippen molar-refractivity contribution in [1.29, 1.82) is 0 Å². The quantitative estimate of drug-likeness (QED) is 0.412. The fourth-order valence-electron chi connectivity index (χ4n) is 0.815. The Morgan fingerprint density at radius 3 is 2.50 bits per heavy atom. The summed E-state index contributed by atoms with van der Waals surface area (Å²) in [6, 6.07) is -0.268. The molecule has 1 aromatic rings. The van der Waals surface area contributed by atoms with Gasteiger partial charge in [0, 0.05) is 11.6 Å². The van der Waals surface area contributed by atoms with E-state index in [-0.39, 0.29) is 11.4 Å². The van der Waals surface area contributed by atoms with Crippen molar-refractivity contribution >= 4 is 5.97 Å². The Balaban J connectivity index is 3.02. The molecule has 1 heterocycles. The van der Waals surface area contributed by atoms with Crippen molar-refractivity contribution in [3.8, 4) is 11.8 Å². The molecule has 0 bridgehead atoms.